The lowest BCUT2D eigenvalue weighted by Crippen LogP contribution is -2.37. The van der Waals surface area contributed by atoms with Crippen LogP contribution in [0.3, 0.4) is 0 Å². The van der Waals surface area contributed by atoms with Crippen LogP contribution in [0.25, 0.3) is 0 Å². The van der Waals surface area contributed by atoms with E-state index in [4.69, 9.17) is 4.74 Å². The normalized spacial score (nSPS) is 67.0. The van der Waals surface area contributed by atoms with Crippen LogP contribution in [0.1, 0.15) is 12.8 Å². The Balaban J connectivity index is 1.86. The minimum absolute atomic E-state index is 0.689. The summed E-state index contributed by atoms with van der Waals surface area (Å²) >= 11 is 0. The fraction of sp³-hybridized carbons (Fsp3) is 1.00. The van der Waals surface area contributed by atoms with E-state index in [0.717, 1.165) is 23.7 Å². The van der Waals surface area contributed by atoms with Crippen molar-refractivity contribution in [2.75, 3.05) is 7.11 Å². The molecule has 50 valence electrons. The van der Waals surface area contributed by atoms with E-state index in [-0.39, 0.29) is 0 Å². The highest BCUT2D eigenvalue weighted by Gasteiger charge is 2.72. The van der Waals surface area contributed by atoms with E-state index in [2.05, 4.69) is 0 Å². The first kappa shape index (κ1) is 4.73. The summed E-state index contributed by atoms with van der Waals surface area (Å²) in [5.41, 5.74) is 0. The van der Waals surface area contributed by atoms with Crippen LogP contribution in [0.2, 0.25) is 0 Å². The van der Waals surface area contributed by atoms with E-state index >= 15 is 0 Å². The Morgan fingerprint density at radius 2 is 1.89 bits per heavy atom. The minimum atomic E-state index is 0.689. The quantitative estimate of drug-likeness (QED) is 0.511. The summed E-state index contributed by atoms with van der Waals surface area (Å²) in [6, 6.07) is 0. The standard InChI is InChI=1S/C8H12O/c1-9-8-5-3-2-4-6(5)7(4)8/h4-8H,2-3H2,1H3/t4-,5-,6-,7-,8-/m1/s1. The largest absolute Gasteiger partial charge is 0.381 e. The first-order valence-corrected chi connectivity index (χ1v) is 3.96. The van der Waals surface area contributed by atoms with Crippen molar-refractivity contribution in [3.8, 4) is 0 Å². The Hall–Kier alpha value is -0.0400. The number of rotatable bonds is 1. The second kappa shape index (κ2) is 1.20. The van der Waals surface area contributed by atoms with Crippen molar-refractivity contribution in [3.05, 3.63) is 0 Å². The molecule has 0 aromatic rings. The molecule has 5 atom stereocenters. The molecule has 0 unspecified atom stereocenters. The average molecular weight is 124 g/mol. The zero-order chi connectivity index (χ0) is 6.01. The lowest BCUT2D eigenvalue weighted by atomic mass is 9.79. The van der Waals surface area contributed by atoms with Crippen molar-refractivity contribution in [2.24, 2.45) is 23.7 Å². The molecule has 0 spiro atoms. The molecule has 3 fully saturated rings. The Kier molecular flexibility index (Phi) is 0.628. The van der Waals surface area contributed by atoms with Gasteiger partial charge in [-0.15, -0.1) is 0 Å². The van der Waals surface area contributed by atoms with E-state index in [1.165, 1.54) is 12.8 Å². The van der Waals surface area contributed by atoms with Gasteiger partial charge in [0.2, 0.25) is 0 Å². The highest BCUT2D eigenvalue weighted by molar-refractivity contribution is 5.20. The Morgan fingerprint density at radius 3 is 2.22 bits per heavy atom. The van der Waals surface area contributed by atoms with Gasteiger partial charge in [-0.2, -0.15) is 0 Å². The smallest absolute Gasteiger partial charge is 0.0636 e. The molecule has 0 N–H and O–H groups in total. The van der Waals surface area contributed by atoms with Crippen LogP contribution in [0.4, 0.5) is 0 Å². The average Bonchev–Trinajstić information content (AvgIpc) is 2.31. The van der Waals surface area contributed by atoms with Gasteiger partial charge in [-0.1, -0.05) is 0 Å². The van der Waals surface area contributed by atoms with Crippen LogP contribution in [0.15, 0.2) is 0 Å². The van der Waals surface area contributed by atoms with Gasteiger partial charge < -0.3 is 4.74 Å². The molecule has 0 aromatic carbocycles. The van der Waals surface area contributed by atoms with Crippen LogP contribution < -0.4 is 0 Å². The molecular formula is C8H12O. The molecular weight excluding hydrogens is 112 g/mol. The predicted molar refractivity (Wildman–Crippen MR) is 34.0 cm³/mol. The van der Waals surface area contributed by atoms with Crippen molar-refractivity contribution in [2.45, 2.75) is 18.9 Å². The summed E-state index contributed by atoms with van der Waals surface area (Å²) in [5.74, 6) is 4.26. The number of ether oxygens (including phenoxy) is 1. The Morgan fingerprint density at radius 1 is 1.11 bits per heavy atom. The van der Waals surface area contributed by atoms with Crippen molar-refractivity contribution in [3.63, 3.8) is 0 Å². The molecule has 0 aromatic heterocycles. The number of fused-ring (bicyclic) bond motifs is 1. The van der Waals surface area contributed by atoms with E-state index in [1.807, 2.05) is 7.11 Å². The monoisotopic (exact) mass is 124 g/mol. The van der Waals surface area contributed by atoms with Crippen LogP contribution in [0, 0.1) is 23.7 Å². The molecule has 0 heterocycles. The van der Waals surface area contributed by atoms with Crippen LogP contribution in [-0.2, 0) is 4.74 Å². The van der Waals surface area contributed by atoms with Gasteiger partial charge in [-0.3, -0.25) is 0 Å². The summed E-state index contributed by atoms with van der Waals surface area (Å²) in [6.07, 6.45) is 3.67. The molecule has 0 radical (unpaired) electrons. The van der Waals surface area contributed by atoms with Gasteiger partial charge in [0.25, 0.3) is 0 Å². The molecule has 1 heteroatoms. The summed E-state index contributed by atoms with van der Waals surface area (Å²) in [6.45, 7) is 0. The van der Waals surface area contributed by atoms with Gasteiger partial charge in [0.1, 0.15) is 0 Å². The minimum Gasteiger partial charge on any atom is -0.381 e. The summed E-state index contributed by atoms with van der Waals surface area (Å²) in [4.78, 5) is 0. The second-order valence-corrected chi connectivity index (χ2v) is 3.76. The van der Waals surface area contributed by atoms with Crippen LogP contribution in [-0.4, -0.2) is 13.2 Å². The maximum atomic E-state index is 5.37. The number of hydrogen-bond acceptors (Lipinski definition) is 1. The highest BCUT2D eigenvalue weighted by Crippen LogP contribution is 2.73. The SMILES string of the molecule is CO[C@@H]1[C@@H]2CC[C@@H]3[C@H]2[C@@H]31. The van der Waals surface area contributed by atoms with E-state index in [9.17, 15) is 0 Å². The predicted octanol–water partition coefficient (Wildman–Crippen LogP) is 1.29. The van der Waals surface area contributed by atoms with Crippen molar-refractivity contribution in [1.82, 2.24) is 0 Å². The van der Waals surface area contributed by atoms with Crippen molar-refractivity contribution < 1.29 is 4.74 Å². The van der Waals surface area contributed by atoms with Crippen LogP contribution >= 0.6 is 0 Å². The number of methoxy groups -OCH3 is 1. The first-order chi connectivity index (χ1) is 4.43. The Bertz CT molecular complexity index is 151. The lowest BCUT2D eigenvalue weighted by Gasteiger charge is -2.34. The van der Waals surface area contributed by atoms with E-state index in [0.29, 0.717) is 6.10 Å². The van der Waals surface area contributed by atoms with Crippen LogP contribution in [0.5, 0.6) is 0 Å². The molecule has 1 nitrogen and oxygen atoms in total. The lowest BCUT2D eigenvalue weighted by molar-refractivity contribution is -0.0352. The van der Waals surface area contributed by atoms with Gasteiger partial charge in [0.15, 0.2) is 0 Å². The topological polar surface area (TPSA) is 9.23 Å². The third kappa shape index (κ3) is 0.337. The summed E-state index contributed by atoms with van der Waals surface area (Å²) in [5, 5.41) is 0. The van der Waals surface area contributed by atoms with E-state index < -0.39 is 0 Å². The first-order valence-electron chi connectivity index (χ1n) is 3.96. The number of hydrogen-bond donors (Lipinski definition) is 0. The molecule has 0 aliphatic heterocycles. The molecule has 3 aliphatic carbocycles. The van der Waals surface area contributed by atoms with E-state index in [1.54, 1.807) is 0 Å². The van der Waals surface area contributed by atoms with Crippen molar-refractivity contribution >= 4 is 0 Å². The zero-order valence-corrected chi connectivity index (χ0v) is 5.71. The van der Waals surface area contributed by atoms with Gasteiger partial charge in [-0.05, 0) is 36.5 Å². The molecule has 3 aliphatic rings. The highest BCUT2D eigenvalue weighted by atomic mass is 16.5. The van der Waals surface area contributed by atoms with Gasteiger partial charge in [-0.25, -0.2) is 0 Å². The molecule has 9 heavy (non-hydrogen) atoms. The maximum absolute atomic E-state index is 5.37. The third-order valence-electron chi connectivity index (χ3n) is 3.69. The third-order valence-corrected chi connectivity index (χ3v) is 3.69. The molecule has 0 amide bonds. The van der Waals surface area contributed by atoms with Crippen molar-refractivity contribution in [1.29, 1.82) is 0 Å². The second-order valence-electron chi connectivity index (χ2n) is 3.76. The van der Waals surface area contributed by atoms with Gasteiger partial charge in [0.05, 0.1) is 6.10 Å². The fourth-order valence-corrected chi connectivity index (χ4v) is 3.31. The molecule has 0 saturated heterocycles. The summed E-state index contributed by atoms with van der Waals surface area (Å²) < 4.78 is 5.37. The van der Waals surface area contributed by atoms with Gasteiger partial charge >= 0.3 is 0 Å². The zero-order valence-electron chi connectivity index (χ0n) is 5.71. The molecule has 3 rings (SSSR count). The maximum Gasteiger partial charge on any atom is 0.0636 e. The van der Waals surface area contributed by atoms with Gasteiger partial charge in [0, 0.05) is 7.11 Å². The Labute approximate surface area is 55.4 Å². The molecule has 3 saturated carbocycles. The summed E-state index contributed by atoms with van der Waals surface area (Å²) in [7, 11) is 1.87. The fourth-order valence-electron chi connectivity index (χ4n) is 3.31. The molecule has 0 bridgehead atoms.